The highest BCUT2D eigenvalue weighted by molar-refractivity contribution is 7.89. The topological polar surface area (TPSA) is 128 Å². The normalized spacial score (nSPS) is 15.8. The third-order valence-corrected chi connectivity index (χ3v) is 7.36. The van der Waals surface area contributed by atoms with Crippen LogP contribution in [0.1, 0.15) is 29.8 Å². The Bertz CT molecular complexity index is 1110. The zero-order valence-corrected chi connectivity index (χ0v) is 20.0. The summed E-state index contributed by atoms with van der Waals surface area (Å²) in [7, 11) is -3.68. The lowest BCUT2D eigenvalue weighted by molar-refractivity contribution is -0.128. The predicted molar refractivity (Wildman–Crippen MR) is 126 cm³/mol. The van der Waals surface area contributed by atoms with E-state index in [0.29, 0.717) is 26.2 Å². The molecule has 1 unspecified atom stereocenters. The van der Waals surface area contributed by atoms with Gasteiger partial charge in [0.15, 0.2) is 0 Å². The van der Waals surface area contributed by atoms with E-state index in [2.05, 4.69) is 33.2 Å². The van der Waals surface area contributed by atoms with Crippen LogP contribution in [0.2, 0.25) is 0 Å². The van der Waals surface area contributed by atoms with Crippen LogP contribution in [0.5, 0.6) is 0 Å². The molecule has 0 aromatic heterocycles. The molecular formula is C23H29N5O5S. The summed E-state index contributed by atoms with van der Waals surface area (Å²) in [4.78, 5) is 37.5. The fourth-order valence-corrected chi connectivity index (χ4v) is 4.99. The molecule has 0 spiro atoms. The summed E-state index contributed by atoms with van der Waals surface area (Å²) >= 11 is 0. The van der Waals surface area contributed by atoms with Crippen molar-refractivity contribution in [2.45, 2.75) is 31.3 Å². The number of hydrogen-bond donors (Lipinski definition) is 3. The van der Waals surface area contributed by atoms with Crippen LogP contribution in [0.3, 0.4) is 0 Å². The molecule has 1 atom stereocenters. The smallest absolute Gasteiger partial charge is 0.269 e. The van der Waals surface area contributed by atoms with Crippen molar-refractivity contribution in [2.75, 3.05) is 26.2 Å². The summed E-state index contributed by atoms with van der Waals surface area (Å²) in [6.45, 7) is 5.56. The van der Waals surface area contributed by atoms with E-state index in [9.17, 15) is 22.8 Å². The summed E-state index contributed by atoms with van der Waals surface area (Å²) in [6.07, 6.45) is 0. The van der Waals surface area contributed by atoms with Gasteiger partial charge in [-0.25, -0.2) is 8.42 Å². The minimum atomic E-state index is -3.68. The average molecular weight is 488 g/mol. The van der Waals surface area contributed by atoms with Crippen molar-refractivity contribution in [1.29, 1.82) is 0 Å². The summed E-state index contributed by atoms with van der Waals surface area (Å²) < 4.78 is 27.5. The van der Waals surface area contributed by atoms with Gasteiger partial charge in [0, 0.05) is 45.2 Å². The second kappa shape index (κ2) is 11.2. The molecule has 0 aliphatic carbocycles. The molecule has 34 heavy (non-hydrogen) atoms. The quantitative estimate of drug-likeness (QED) is 0.488. The first kappa shape index (κ1) is 25.3. The van der Waals surface area contributed by atoms with Crippen LogP contribution in [-0.4, -0.2) is 67.6 Å². The maximum Gasteiger partial charge on any atom is 0.269 e. The summed E-state index contributed by atoms with van der Waals surface area (Å²) in [5, 5.41) is 2.40. The Labute approximate surface area is 199 Å². The largest absolute Gasteiger partial charge is 0.345 e. The molecule has 0 bridgehead atoms. The zero-order chi connectivity index (χ0) is 24.7. The monoisotopic (exact) mass is 487 g/mol. The van der Waals surface area contributed by atoms with Gasteiger partial charge in [-0.05, 0) is 36.8 Å². The second-order valence-electron chi connectivity index (χ2n) is 8.06. The summed E-state index contributed by atoms with van der Waals surface area (Å²) in [6, 6.07) is 14.7. The van der Waals surface area contributed by atoms with Crippen LogP contribution < -0.4 is 16.2 Å². The predicted octanol–water partition coefficient (Wildman–Crippen LogP) is 0.479. The number of carbonyl (C=O) groups excluding carboxylic acids is 3. The number of benzene rings is 2. The molecule has 1 heterocycles. The number of nitrogens with zero attached hydrogens (tertiary/aromatic N) is 2. The molecule has 2 aromatic rings. The van der Waals surface area contributed by atoms with Gasteiger partial charge in [0.25, 0.3) is 11.8 Å². The van der Waals surface area contributed by atoms with E-state index >= 15 is 0 Å². The van der Waals surface area contributed by atoms with Gasteiger partial charge >= 0.3 is 0 Å². The zero-order valence-electron chi connectivity index (χ0n) is 19.2. The van der Waals surface area contributed by atoms with Gasteiger partial charge < -0.3 is 5.32 Å². The Morgan fingerprint density at radius 1 is 0.912 bits per heavy atom. The van der Waals surface area contributed by atoms with E-state index in [4.69, 9.17) is 0 Å². The SMILES string of the molecule is CC(=O)NC(C)C(=O)NNC(=O)c1ccc(S(=O)(=O)N2CCN(Cc3ccccc3)CC2)cc1. The minimum absolute atomic E-state index is 0.101. The molecule has 1 aliphatic heterocycles. The second-order valence-corrected chi connectivity index (χ2v) is 9.99. The first-order valence-corrected chi connectivity index (χ1v) is 12.3. The fraction of sp³-hybridized carbons (Fsp3) is 0.348. The number of hydrogen-bond acceptors (Lipinski definition) is 6. The van der Waals surface area contributed by atoms with Gasteiger partial charge in [0.1, 0.15) is 6.04 Å². The molecular weight excluding hydrogens is 458 g/mol. The highest BCUT2D eigenvalue weighted by Gasteiger charge is 2.28. The van der Waals surface area contributed by atoms with Crippen LogP contribution in [-0.2, 0) is 26.2 Å². The van der Waals surface area contributed by atoms with Crippen molar-refractivity contribution in [1.82, 2.24) is 25.4 Å². The third kappa shape index (κ3) is 6.62. The first-order chi connectivity index (χ1) is 16.2. The molecule has 1 saturated heterocycles. The number of nitrogens with one attached hydrogen (secondary N) is 3. The average Bonchev–Trinajstić information content (AvgIpc) is 2.83. The molecule has 3 rings (SSSR count). The Balaban J connectivity index is 1.53. The van der Waals surface area contributed by atoms with Crippen LogP contribution in [0, 0.1) is 0 Å². The molecule has 10 nitrogen and oxygen atoms in total. The molecule has 182 valence electrons. The Morgan fingerprint density at radius 2 is 1.53 bits per heavy atom. The number of sulfonamides is 1. The highest BCUT2D eigenvalue weighted by Crippen LogP contribution is 2.19. The van der Waals surface area contributed by atoms with E-state index in [-0.39, 0.29) is 16.4 Å². The summed E-state index contributed by atoms with van der Waals surface area (Å²) in [5.41, 5.74) is 5.83. The molecule has 0 radical (unpaired) electrons. The lowest BCUT2D eigenvalue weighted by Crippen LogP contribution is -2.50. The van der Waals surface area contributed by atoms with Gasteiger partial charge in [-0.15, -0.1) is 0 Å². The van der Waals surface area contributed by atoms with Crippen molar-refractivity contribution in [3.63, 3.8) is 0 Å². The molecule has 0 saturated carbocycles. The Hall–Kier alpha value is -3.28. The molecule has 1 fully saturated rings. The van der Waals surface area contributed by atoms with Crippen LogP contribution in [0.15, 0.2) is 59.5 Å². The van der Waals surface area contributed by atoms with Crippen molar-refractivity contribution in [3.8, 4) is 0 Å². The van der Waals surface area contributed by atoms with E-state index in [1.165, 1.54) is 48.0 Å². The van der Waals surface area contributed by atoms with E-state index in [1.807, 2.05) is 18.2 Å². The number of carbonyl (C=O) groups is 3. The molecule has 3 N–H and O–H groups in total. The highest BCUT2D eigenvalue weighted by atomic mass is 32.2. The van der Waals surface area contributed by atoms with Crippen molar-refractivity contribution in [3.05, 3.63) is 65.7 Å². The number of piperazine rings is 1. The van der Waals surface area contributed by atoms with Gasteiger partial charge in [0.05, 0.1) is 4.90 Å². The first-order valence-electron chi connectivity index (χ1n) is 10.9. The third-order valence-electron chi connectivity index (χ3n) is 5.45. The maximum absolute atomic E-state index is 13.0. The van der Waals surface area contributed by atoms with Gasteiger partial charge in [-0.2, -0.15) is 4.31 Å². The maximum atomic E-state index is 13.0. The lowest BCUT2D eigenvalue weighted by Gasteiger charge is -2.34. The van der Waals surface area contributed by atoms with E-state index < -0.39 is 27.9 Å². The van der Waals surface area contributed by atoms with Crippen LogP contribution >= 0.6 is 0 Å². The molecule has 1 aliphatic rings. The van der Waals surface area contributed by atoms with Crippen LogP contribution in [0.25, 0.3) is 0 Å². The van der Waals surface area contributed by atoms with Crippen molar-refractivity contribution >= 4 is 27.7 Å². The van der Waals surface area contributed by atoms with Gasteiger partial charge in [-0.1, -0.05) is 30.3 Å². The standard InChI is InChI=1S/C23H29N5O5S/c1-17(24-18(2)29)22(30)25-26-23(31)20-8-10-21(11-9-20)34(32,33)28-14-12-27(13-15-28)16-19-6-4-3-5-7-19/h3-11,17H,12-16H2,1-2H3,(H,24,29)(H,25,30)(H,26,31). The van der Waals surface area contributed by atoms with Crippen LogP contribution in [0.4, 0.5) is 0 Å². The van der Waals surface area contributed by atoms with E-state index in [0.717, 1.165) is 6.54 Å². The van der Waals surface area contributed by atoms with Crippen molar-refractivity contribution in [2.24, 2.45) is 0 Å². The Morgan fingerprint density at radius 3 is 2.12 bits per heavy atom. The van der Waals surface area contributed by atoms with Gasteiger partial charge in [-0.3, -0.25) is 30.1 Å². The molecule has 2 aromatic carbocycles. The molecule has 3 amide bonds. The number of amides is 3. The summed E-state index contributed by atoms with van der Waals surface area (Å²) in [5.74, 6) is -1.57. The van der Waals surface area contributed by atoms with Gasteiger partial charge in [0.2, 0.25) is 15.9 Å². The Kier molecular flexibility index (Phi) is 8.37. The minimum Gasteiger partial charge on any atom is -0.345 e. The molecule has 11 heteroatoms. The van der Waals surface area contributed by atoms with E-state index in [1.54, 1.807) is 0 Å². The number of hydrazine groups is 1. The number of rotatable bonds is 7. The lowest BCUT2D eigenvalue weighted by atomic mass is 10.2. The fourth-order valence-electron chi connectivity index (χ4n) is 3.57. The van der Waals surface area contributed by atoms with Crippen molar-refractivity contribution < 1.29 is 22.8 Å².